The van der Waals surface area contributed by atoms with Crippen molar-refractivity contribution in [3.63, 3.8) is 0 Å². The number of hydrogen-bond donors (Lipinski definition) is 2. The molecular formula is C16H27N3O2. The van der Waals surface area contributed by atoms with Crippen molar-refractivity contribution in [3.05, 3.63) is 24.3 Å². The number of hydrogen-bond acceptors (Lipinski definition) is 5. The third-order valence-corrected chi connectivity index (χ3v) is 4.13. The molecule has 1 saturated heterocycles. The molecule has 2 rings (SSSR count). The van der Waals surface area contributed by atoms with Crippen LogP contribution in [-0.4, -0.2) is 67.4 Å². The molecule has 5 nitrogen and oxygen atoms in total. The van der Waals surface area contributed by atoms with Crippen LogP contribution in [0.3, 0.4) is 0 Å². The number of likely N-dealkylation sites (tertiary alicyclic amines) is 1. The van der Waals surface area contributed by atoms with Crippen molar-refractivity contribution in [2.24, 2.45) is 0 Å². The standard InChI is InChI=1S/C16H27N3O2/c1-18-9-7-14(8-10-18)19(2)11-15(20)12-21-16-5-3-13(17)4-6-16/h3-6,14-15,20H,7-12,17H2,1-2H3. The minimum Gasteiger partial charge on any atom is -0.491 e. The minimum absolute atomic E-state index is 0.306. The van der Waals surface area contributed by atoms with E-state index in [4.69, 9.17) is 10.5 Å². The summed E-state index contributed by atoms with van der Waals surface area (Å²) in [6.07, 6.45) is 1.85. The second-order valence-electron chi connectivity index (χ2n) is 6.01. The van der Waals surface area contributed by atoms with Crippen LogP contribution in [0.4, 0.5) is 5.69 Å². The molecule has 1 heterocycles. The summed E-state index contributed by atoms with van der Waals surface area (Å²) in [5.41, 5.74) is 6.34. The van der Waals surface area contributed by atoms with Gasteiger partial charge in [0.2, 0.25) is 0 Å². The van der Waals surface area contributed by atoms with Crippen molar-refractivity contribution in [1.29, 1.82) is 0 Å². The van der Waals surface area contributed by atoms with Gasteiger partial charge >= 0.3 is 0 Å². The summed E-state index contributed by atoms with van der Waals surface area (Å²) < 4.78 is 5.59. The molecule has 0 aromatic heterocycles. The fourth-order valence-electron chi connectivity index (χ4n) is 2.73. The Labute approximate surface area is 127 Å². The monoisotopic (exact) mass is 293 g/mol. The third-order valence-electron chi connectivity index (χ3n) is 4.13. The van der Waals surface area contributed by atoms with Crippen molar-refractivity contribution in [1.82, 2.24) is 9.80 Å². The SMILES string of the molecule is CN1CCC(N(C)CC(O)COc2ccc(N)cc2)CC1. The summed E-state index contributed by atoms with van der Waals surface area (Å²) in [5.74, 6) is 0.741. The number of anilines is 1. The van der Waals surface area contributed by atoms with E-state index in [1.807, 2.05) is 12.1 Å². The molecule has 1 aromatic carbocycles. The summed E-state index contributed by atoms with van der Waals surface area (Å²) >= 11 is 0. The first-order valence-electron chi connectivity index (χ1n) is 7.60. The van der Waals surface area contributed by atoms with E-state index in [1.165, 1.54) is 12.8 Å². The van der Waals surface area contributed by atoms with Gasteiger partial charge in [0.15, 0.2) is 0 Å². The summed E-state index contributed by atoms with van der Waals surface area (Å²) in [6.45, 7) is 3.21. The number of ether oxygens (including phenoxy) is 1. The molecule has 0 spiro atoms. The number of aliphatic hydroxyl groups is 1. The molecule has 1 aliphatic heterocycles. The molecule has 1 aliphatic rings. The van der Waals surface area contributed by atoms with Crippen LogP contribution >= 0.6 is 0 Å². The fraction of sp³-hybridized carbons (Fsp3) is 0.625. The topological polar surface area (TPSA) is 62.0 Å². The van der Waals surface area contributed by atoms with Crippen molar-refractivity contribution in [3.8, 4) is 5.75 Å². The number of nitrogens with zero attached hydrogens (tertiary/aromatic N) is 2. The lowest BCUT2D eigenvalue weighted by Gasteiger charge is -2.35. The maximum atomic E-state index is 10.1. The van der Waals surface area contributed by atoms with Gasteiger partial charge in [0.25, 0.3) is 0 Å². The lowest BCUT2D eigenvalue weighted by Crippen LogP contribution is -2.45. The minimum atomic E-state index is -0.479. The highest BCUT2D eigenvalue weighted by Crippen LogP contribution is 2.15. The number of nitrogens with two attached hydrogens (primary N) is 1. The molecule has 0 aliphatic carbocycles. The van der Waals surface area contributed by atoms with Gasteiger partial charge in [-0.1, -0.05) is 0 Å². The van der Waals surface area contributed by atoms with Crippen molar-refractivity contribution < 1.29 is 9.84 Å². The molecule has 5 heteroatoms. The Kier molecular flexibility index (Phi) is 5.85. The molecule has 1 aromatic rings. The van der Waals surface area contributed by atoms with Gasteiger partial charge in [-0.05, 0) is 64.3 Å². The molecular weight excluding hydrogens is 266 g/mol. The molecule has 0 saturated carbocycles. The lowest BCUT2D eigenvalue weighted by atomic mass is 10.0. The quantitative estimate of drug-likeness (QED) is 0.767. The molecule has 1 atom stereocenters. The van der Waals surface area contributed by atoms with E-state index in [0.29, 0.717) is 24.9 Å². The van der Waals surface area contributed by atoms with Crippen LogP contribution in [0.1, 0.15) is 12.8 Å². The summed E-state index contributed by atoms with van der Waals surface area (Å²) in [6, 6.07) is 7.80. The Morgan fingerprint density at radius 1 is 1.33 bits per heavy atom. The molecule has 0 radical (unpaired) electrons. The number of piperidine rings is 1. The van der Waals surface area contributed by atoms with E-state index >= 15 is 0 Å². The zero-order valence-electron chi connectivity index (χ0n) is 13.0. The van der Waals surface area contributed by atoms with Crippen molar-refractivity contribution >= 4 is 5.69 Å². The average molecular weight is 293 g/mol. The normalized spacial score (nSPS) is 18.9. The van der Waals surface area contributed by atoms with E-state index in [9.17, 15) is 5.11 Å². The molecule has 0 amide bonds. The van der Waals surface area contributed by atoms with Gasteiger partial charge in [0.1, 0.15) is 18.5 Å². The largest absolute Gasteiger partial charge is 0.491 e. The third kappa shape index (κ3) is 5.19. The molecule has 1 unspecified atom stereocenters. The highest BCUT2D eigenvalue weighted by Gasteiger charge is 2.22. The fourth-order valence-corrected chi connectivity index (χ4v) is 2.73. The van der Waals surface area contributed by atoms with E-state index in [-0.39, 0.29) is 0 Å². The Morgan fingerprint density at radius 2 is 1.95 bits per heavy atom. The molecule has 21 heavy (non-hydrogen) atoms. The second-order valence-corrected chi connectivity index (χ2v) is 6.01. The average Bonchev–Trinajstić information content (AvgIpc) is 2.47. The number of aliphatic hydroxyl groups excluding tert-OH is 1. The highest BCUT2D eigenvalue weighted by atomic mass is 16.5. The van der Waals surface area contributed by atoms with Crippen molar-refractivity contribution in [2.75, 3.05) is 46.1 Å². The maximum Gasteiger partial charge on any atom is 0.119 e. The summed E-state index contributed by atoms with van der Waals surface area (Å²) in [5, 5.41) is 10.1. The van der Waals surface area contributed by atoms with Gasteiger partial charge in [-0.25, -0.2) is 0 Å². The summed E-state index contributed by atoms with van der Waals surface area (Å²) in [4.78, 5) is 4.61. The predicted octanol–water partition coefficient (Wildman–Crippen LogP) is 1.03. The van der Waals surface area contributed by atoms with Gasteiger partial charge in [-0.2, -0.15) is 0 Å². The molecule has 1 fully saturated rings. The van der Waals surface area contributed by atoms with E-state index in [1.54, 1.807) is 12.1 Å². The Hall–Kier alpha value is -1.30. The first-order valence-corrected chi connectivity index (χ1v) is 7.60. The van der Waals surface area contributed by atoms with Crippen LogP contribution in [0.2, 0.25) is 0 Å². The zero-order chi connectivity index (χ0) is 15.2. The first kappa shape index (κ1) is 16.1. The van der Waals surface area contributed by atoms with Crippen LogP contribution in [0.25, 0.3) is 0 Å². The van der Waals surface area contributed by atoms with E-state index < -0.39 is 6.10 Å². The molecule has 3 N–H and O–H groups in total. The predicted molar refractivity (Wildman–Crippen MR) is 85.5 cm³/mol. The van der Waals surface area contributed by atoms with Crippen LogP contribution in [-0.2, 0) is 0 Å². The highest BCUT2D eigenvalue weighted by molar-refractivity contribution is 5.41. The first-order chi connectivity index (χ1) is 10.0. The van der Waals surface area contributed by atoms with Crippen LogP contribution < -0.4 is 10.5 Å². The Bertz CT molecular complexity index is 416. The molecule has 0 bridgehead atoms. The van der Waals surface area contributed by atoms with Gasteiger partial charge in [-0.3, -0.25) is 0 Å². The maximum absolute atomic E-state index is 10.1. The van der Waals surface area contributed by atoms with Gasteiger partial charge < -0.3 is 25.4 Å². The lowest BCUT2D eigenvalue weighted by molar-refractivity contribution is 0.0498. The van der Waals surface area contributed by atoms with Crippen LogP contribution in [0.15, 0.2) is 24.3 Å². The Balaban J connectivity index is 1.71. The number of likely N-dealkylation sites (N-methyl/N-ethyl adjacent to an activating group) is 1. The number of rotatable bonds is 6. The van der Waals surface area contributed by atoms with Gasteiger partial charge in [-0.15, -0.1) is 0 Å². The zero-order valence-corrected chi connectivity index (χ0v) is 13.0. The smallest absolute Gasteiger partial charge is 0.119 e. The van der Waals surface area contributed by atoms with Crippen LogP contribution in [0.5, 0.6) is 5.75 Å². The second kappa shape index (κ2) is 7.64. The van der Waals surface area contributed by atoms with Crippen molar-refractivity contribution in [2.45, 2.75) is 25.0 Å². The van der Waals surface area contributed by atoms with Crippen LogP contribution in [0, 0.1) is 0 Å². The van der Waals surface area contributed by atoms with Gasteiger partial charge in [0.05, 0.1) is 0 Å². The summed E-state index contributed by atoms with van der Waals surface area (Å²) in [7, 11) is 4.24. The number of nitrogen functional groups attached to an aromatic ring is 1. The van der Waals surface area contributed by atoms with E-state index in [2.05, 4.69) is 23.9 Å². The number of benzene rings is 1. The van der Waals surface area contributed by atoms with Gasteiger partial charge in [0, 0.05) is 18.3 Å². The Morgan fingerprint density at radius 3 is 2.57 bits per heavy atom. The molecule has 118 valence electrons. The van der Waals surface area contributed by atoms with E-state index in [0.717, 1.165) is 18.8 Å².